The molecule has 0 radical (unpaired) electrons. The minimum Gasteiger partial charge on any atom is -0.488 e. The molecule has 0 amide bonds. The summed E-state index contributed by atoms with van der Waals surface area (Å²) >= 11 is 5.87. The third-order valence-corrected chi connectivity index (χ3v) is 3.40. The molecule has 0 N–H and O–H groups in total. The zero-order valence-corrected chi connectivity index (χ0v) is 10.2. The van der Waals surface area contributed by atoms with E-state index in [4.69, 9.17) is 16.3 Å². The molecule has 0 bridgehead atoms. The summed E-state index contributed by atoms with van der Waals surface area (Å²) in [6.45, 7) is 0. The molecule has 0 atom stereocenters. The average Bonchev–Trinajstić information content (AvgIpc) is 2.58. The van der Waals surface area contributed by atoms with Crippen molar-refractivity contribution in [1.29, 1.82) is 0 Å². The fourth-order valence-corrected chi connectivity index (χ4v) is 2.39. The Morgan fingerprint density at radius 1 is 1.25 bits per heavy atom. The van der Waals surface area contributed by atoms with Crippen molar-refractivity contribution in [2.24, 2.45) is 0 Å². The molecule has 1 aromatic rings. The molecule has 1 saturated carbocycles. The molecule has 0 aromatic carbocycles. The van der Waals surface area contributed by atoms with Crippen molar-refractivity contribution in [3.63, 3.8) is 0 Å². The first-order valence-corrected chi connectivity index (χ1v) is 6.59. The summed E-state index contributed by atoms with van der Waals surface area (Å²) in [6, 6.07) is 1.93. The second-order valence-corrected chi connectivity index (χ2v) is 4.62. The predicted molar refractivity (Wildman–Crippen MR) is 65.9 cm³/mol. The van der Waals surface area contributed by atoms with Crippen LogP contribution in [0.4, 0.5) is 0 Å². The SMILES string of the molecule is ClCc1ccncc1OC1CCCCCC1. The third-order valence-electron chi connectivity index (χ3n) is 3.11. The van der Waals surface area contributed by atoms with E-state index in [1.165, 1.54) is 25.7 Å². The van der Waals surface area contributed by atoms with Crippen LogP contribution >= 0.6 is 11.6 Å². The second kappa shape index (κ2) is 6.09. The van der Waals surface area contributed by atoms with Gasteiger partial charge in [-0.25, -0.2) is 0 Å². The Balaban J connectivity index is 2.01. The van der Waals surface area contributed by atoms with Crippen molar-refractivity contribution in [3.8, 4) is 5.75 Å². The van der Waals surface area contributed by atoms with Gasteiger partial charge in [-0.15, -0.1) is 11.6 Å². The topological polar surface area (TPSA) is 22.1 Å². The van der Waals surface area contributed by atoms with Crippen molar-refractivity contribution in [1.82, 2.24) is 4.98 Å². The van der Waals surface area contributed by atoms with Crippen LogP contribution in [0.15, 0.2) is 18.5 Å². The Labute approximate surface area is 102 Å². The maximum absolute atomic E-state index is 6.01. The molecule has 0 spiro atoms. The lowest BCUT2D eigenvalue weighted by Crippen LogP contribution is -2.16. The lowest BCUT2D eigenvalue weighted by molar-refractivity contribution is 0.181. The normalized spacial score (nSPS) is 18.1. The number of aromatic nitrogens is 1. The highest BCUT2D eigenvalue weighted by Gasteiger charge is 2.15. The lowest BCUT2D eigenvalue weighted by atomic mass is 10.1. The summed E-state index contributed by atoms with van der Waals surface area (Å²) in [6.07, 6.45) is 11.5. The van der Waals surface area contributed by atoms with Gasteiger partial charge in [0.2, 0.25) is 0 Å². The summed E-state index contributed by atoms with van der Waals surface area (Å²) in [7, 11) is 0. The quantitative estimate of drug-likeness (QED) is 0.589. The molecule has 1 aromatic heterocycles. The maximum atomic E-state index is 6.01. The van der Waals surface area contributed by atoms with Gasteiger partial charge in [0, 0.05) is 11.8 Å². The molecule has 1 aliphatic rings. The summed E-state index contributed by atoms with van der Waals surface area (Å²) in [5, 5.41) is 0. The van der Waals surface area contributed by atoms with Crippen molar-refractivity contribution in [3.05, 3.63) is 24.0 Å². The van der Waals surface area contributed by atoms with Crippen LogP contribution in [0.3, 0.4) is 0 Å². The van der Waals surface area contributed by atoms with Crippen LogP contribution in [0, 0.1) is 0 Å². The number of alkyl halides is 1. The van der Waals surface area contributed by atoms with E-state index < -0.39 is 0 Å². The first kappa shape index (κ1) is 11.7. The highest BCUT2D eigenvalue weighted by atomic mass is 35.5. The molecule has 0 aliphatic heterocycles. The summed E-state index contributed by atoms with van der Waals surface area (Å²) in [5.41, 5.74) is 1.04. The number of nitrogens with zero attached hydrogens (tertiary/aromatic N) is 1. The van der Waals surface area contributed by atoms with E-state index in [0.717, 1.165) is 24.2 Å². The standard InChI is InChI=1S/C13H18ClNO/c14-9-11-7-8-15-10-13(11)16-12-5-3-1-2-4-6-12/h7-8,10,12H,1-6,9H2. The number of hydrogen-bond acceptors (Lipinski definition) is 2. The van der Waals surface area contributed by atoms with E-state index in [1.807, 2.05) is 6.07 Å². The minimum absolute atomic E-state index is 0.355. The maximum Gasteiger partial charge on any atom is 0.142 e. The molecule has 2 nitrogen and oxygen atoms in total. The van der Waals surface area contributed by atoms with Gasteiger partial charge >= 0.3 is 0 Å². The van der Waals surface area contributed by atoms with Gasteiger partial charge in [-0.3, -0.25) is 4.98 Å². The van der Waals surface area contributed by atoms with Crippen LogP contribution in [-0.2, 0) is 5.88 Å². The van der Waals surface area contributed by atoms with Crippen LogP contribution in [0.5, 0.6) is 5.75 Å². The Morgan fingerprint density at radius 2 is 2.00 bits per heavy atom. The summed E-state index contributed by atoms with van der Waals surface area (Å²) in [4.78, 5) is 4.10. The molecule has 1 heterocycles. The van der Waals surface area contributed by atoms with E-state index in [2.05, 4.69) is 4.98 Å². The number of hydrogen-bond donors (Lipinski definition) is 0. The highest BCUT2D eigenvalue weighted by Crippen LogP contribution is 2.25. The van der Waals surface area contributed by atoms with Gasteiger partial charge in [-0.2, -0.15) is 0 Å². The number of ether oxygens (including phenoxy) is 1. The monoisotopic (exact) mass is 239 g/mol. The van der Waals surface area contributed by atoms with Crippen molar-refractivity contribution in [2.75, 3.05) is 0 Å². The molecule has 2 rings (SSSR count). The predicted octanol–water partition coefficient (Wildman–Crippen LogP) is 3.92. The molecule has 16 heavy (non-hydrogen) atoms. The van der Waals surface area contributed by atoms with Gasteiger partial charge < -0.3 is 4.74 Å². The zero-order chi connectivity index (χ0) is 11.2. The fourth-order valence-electron chi connectivity index (χ4n) is 2.16. The van der Waals surface area contributed by atoms with Crippen molar-refractivity contribution >= 4 is 11.6 Å². The molecule has 0 saturated heterocycles. The molecule has 3 heteroatoms. The van der Waals surface area contributed by atoms with Gasteiger partial charge in [0.05, 0.1) is 18.2 Å². The van der Waals surface area contributed by atoms with Gasteiger partial charge in [0.25, 0.3) is 0 Å². The summed E-state index contributed by atoms with van der Waals surface area (Å²) < 4.78 is 6.01. The number of halogens is 1. The van der Waals surface area contributed by atoms with Crippen molar-refractivity contribution in [2.45, 2.75) is 50.5 Å². The Kier molecular flexibility index (Phi) is 4.46. The van der Waals surface area contributed by atoms with E-state index in [9.17, 15) is 0 Å². The molecule has 0 unspecified atom stereocenters. The highest BCUT2D eigenvalue weighted by molar-refractivity contribution is 6.17. The number of rotatable bonds is 3. The van der Waals surface area contributed by atoms with Crippen molar-refractivity contribution < 1.29 is 4.74 Å². The van der Waals surface area contributed by atoms with Gasteiger partial charge in [-0.1, -0.05) is 12.8 Å². The van der Waals surface area contributed by atoms with E-state index in [-0.39, 0.29) is 0 Å². The van der Waals surface area contributed by atoms with Crippen LogP contribution < -0.4 is 4.74 Å². The first-order valence-electron chi connectivity index (χ1n) is 6.05. The first-order chi connectivity index (χ1) is 7.90. The lowest BCUT2D eigenvalue weighted by Gasteiger charge is -2.18. The van der Waals surface area contributed by atoms with E-state index >= 15 is 0 Å². The molecule has 88 valence electrons. The van der Waals surface area contributed by atoms with Crippen LogP contribution in [-0.4, -0.2) is 11.1 Å². The van der Waals surface area contributed by atoms with Gasteiger partial charge in [0.1, 0.15) is 5.75 Å². The number of pyridine rings is 1. The van der Waals surface area contributed by atoms with Crippen LogP contribution in [0.1, 0.15) is 44.1 Å². The fraction of sp³-hybridized carbons (Fsp3) is 0.615. The van der Waals surface area contributed by atoms with Crippen LogP contribution in [0.2, 0.25) is 0 Å². The molecular formula is C13H18ClNO. The minimum atomic E-state index is 0.355. The Bertz CT molecular complexity index is 321. The molecule has 1 fully saturated rings. The Morgan fingerprint density at radius 3 is 2.69 bits per heavy atom. The Hall–Kier alpha value is -0.760. The summed E-state index contributed by atoms with van der Waals surface area (Å²) in [5.74, 6) is 1.36. The molecular weight excluding hydrogens is 222 g/mol. The molecule has 1 aliphatic carbocycles. The van der Waals surface area contributed by atoms with E-state index in [1.54, 1.807) is 12.4 Å². The third kappa shape index (κ3) is 3.11. The van der Waals surface area contributed by atoms with Gasteiger partial charge in [-0.05, 0) is 31.7 Å². The smallest absolute Gasteiger partial charge is 0.142 e. The largest absolute Gasteiger partial charge is 0.488 e. The zero-order valence-electron chi connectivity index (χ0n) is 9.49. The van der Waals surface area contributed by atoms with Gasteiger partial charge in [0.15, 0.2) is 0 Å². The van der Waals surface area contributed by atoms with E-state index in [0.29, 0.717) is 12.0 Å². The second-order valence-electron chi connectivity index (χ2n) is 4.35. The van der Waals surface area contributed by atoms with Crippen LogP contribution in [0.25, 0.3) is 0 Å². The average molecular weight is 240 g/mol.